The van der Waals surface area contributed by atoms with Gasteiger partial charge in [0.15, 0.2) is 17.3 Å². The zero-order valence-corrected chi connectivity index (χ0v) is 16.5. The van der Waals surface area contributed by atoms with Crippen molar-refractivity contribution in [3.8, 4) is 11.5 Å². The number of benzene rings is 1. The van der Waals surface area contributed by atoms with Gasteiger partial charge in [0.2, 0.25) is 0 Å². The maximum Gasteiger partial charge on any atom is 0.172 e. The van der Waals surface area contributed by atoms with Crippen LogP contribution in [0.25, 0.3) is 10.2 Å². The molecule has 0 saturated carbocycles. The molecule has 0 unspecified atom stereocenters. The highest BCUT2D eigenvalue weighted by Gasteiger charge is 2.19. The summed E-state index contributed by atoms with van der Waals surface area (Å²) in [5.41, 5.74) is 5.20. The summed E-state index contributed by atoms with van der Waals surface area (Å²) in [7, 11) is 1.51. The largest absolute Gasteiger partial charge is 0.503 e. The monoisotopic (exact) mass is 432 g/mol. The molecule has 3 aromatic rings. The lowest BCUT2D eigenvalue weighted by Gasteiger charge is -2.11. The number of phenols is 1. The lowest BCUT2D eigenvalue weighted by molar-refractivity contribution is 0.372. The summed E-state index contributed by atoms with van der Waals surface area (Å²) in [5, 5.41) is 15.3. The van der Waals surface area contributed by atoms with E-state index in [4.69, 9.17) is 4.74 Å². The highest BCUT2D eigenvalue weighted by atomic mass is 79.9. The first-order valence-corrected chi connectivity index (χ1v) is 9.89. The number of hydrazone groups is 1. The Balaban J connectivity index is 1.63. The first-order chi connectivity index (χ1) is 12.7. The molecule has 134 valence electrons. The average molecular weight is 433 g/mol. The Morgan fingerprint density at radius 3 is 3.00 bits per heavy atom. The van der Waals surface area contributed by atoms with Gasteiger partial charge in [-0.3, -0.25) is 5.43 Å². The molecule has 6 nitrogen and oxygen atoms in total. The Bertz CT molecular complexity index is 1000. The van der Waals surface area contributed by atoms with E-state index in [1.54, 1.807) is 36.0 Å². The van der Waals surface area contributed by atoms with Crippen LogP contribution < -0.4 is 10.2 Å². The molecular weight excluding hydrogens is 416 g/mol. The van der Waals surface area contributed by atoms with E-state index in [9.17, 15) is 5.11 Å². The Kier molecular flexibility index (Phi) is 4.78. The van der Waals surface area contributed by atoms with E-state index in [-0.39, 0.29) is 5.75 Å². The highest BCUT2D eigenvalue weighted by molar-refractivity contribution is 9.10. The maximum atomic E-state index is 9.88. The van der Waals surface area contributed by atoms with E-state index in [1.807, 2.05) is 0 Å². The number of anilines is 1. The molecule has 26 heavy (non-hydrogen) atoms. The Hall–Kier alpha value is -2.19. The van der Waals surface area contributed by atoms with E-state index in [0.717, 1.165) is 34.4 Å². The van der Waals surface area contributed by atoms with E-state index < -0.39 is 0 Å². The van der Waals surface area contributed by atoms with Gasteiger partial charge in [-0.1, -0.05) is 0 Å². The molecule has 0 spiro atoms. The van der Waals surface area contributed by atoms with Crippen molar-refractivity contribution < 1.29 is 9.84 Å². The molecule has 0 fully saturated rings. The number of halogens is 1. The van der Waals surface area contributed by atoms with Crippen molar-refractivity contribution in [1.29, 1.82) is 0 Å². The lowest BCUT2D eigenvalue weighted by atomic mass is 9.97. The minimum Gasteiger partial charge on any atom is -0.503 e. The van der Waals surface area contributed by atoms with Gasteiger partial charge >= 0.3 is 0 Å². The second kappa shape index (κ2) is 7.20. The van der Waals surface area contributed by atoms with E-state index >= 15 is 0 Å². The van der Waals surface area contributed by atoms with E-state index in [0.29, 0.717) is 10.2 Å². The van der Waals surface area contributed by atoms with Crippen LogP contribution in [-0.2, 0) is 12.8 Å². The number of aromatic hydroxyl groups is 1. The van der Waals surface area contributed by atoms with Gasteiger partial charge in [-0.25, -0.2) is 9.97 Å². The molecule has 2 heterocycles. The normalized spacial score (nSPS) is 13.9. The molecule has 1 aliphatic carbocycles. The molecule has 1 aliphatic rings. The van der Waals surface area contributed by atoms with Gasteiger partial charge in [0.25, 0.3) is 0 Å². The molecule has 0 bridgehead atoms. The van der Waals surface area contributed by atoms with Gasteiger partial charge in [-0.05, 0) is 64.9 Å². The molecule has 2 aromatic heterocycles. The molecule has 1 aromatic carbocycles. The van der Waals surface area contributed by atoms with Crippen LogP contribution in [-0.4, -0.2) is 28.4 Å². The summed E-state index contributed by atoms with van der Waals surface area (Å²) in [4.78, 5) is 11.2. The van der Waals surface area contributed by atoms with Crippen LogP contribution in [0.5, 0.6) is 11.5 Å². The molecule has 4 rings (SSSR count). The van der Waals surface area contributed by atoms with Crippen molar-refractivity contribution in [1.82, 2.24) is 9.97 Å². The number of nitrogens with one attached hydrogen (secondary N) is 1. The van der Waals surface area contributed by atoms with Crippen LogP contribution >= 0.6 is 27.3 Å². The SMILES string of the molecule is COc1cc(/C=N\Nc2ncnc3sc4c(c23)CCCC4)cc(Br)c1O. The Labute approximate surface area is 163 Å². The van der Waals surface area contributed by atoms with Crippen LogP contribution in [0.4, 0.5) is 5.82 Å². The number of thiophene rings is 1. The van der Waals surface area contributed by atoms with E-state index in [2.05, 4.69) is 36.4 Å². The smallest absolute Gasteiger partial charge is 0.172 e. The summed E-state index contributed by atoms with van der Waals surface area (Å²) in [6, 6.07) is 3.48. The maximum absolute atomic E-state index is 9.88. The van der Waals surface area contributed by atoms with Crippen LogP contribution in [0.2, 0.25) is 0 Å². The van der Waals surface area contributed by atoms with Gasteiger partial charge < -0.3 is 9.84 Å². The van der Waals surface area contributed by atoms with Crippen molar-refractivity contribution in [3.63, 3.8) is 0 Å². The lowest BCUT2D eigenvalue weighted by Crippen LogP contribution is -2.01. The third-order valence-electron chi connectivity index (χ3n) is 4.41. The Morgan fingerprint density at radius 2 is 2.15 bits per heavy atom. The number of hydrogen-bond acceptors (Lipinski definition) is 7. The number of methoxy groups -OCH3 is 1. The molecular formula is C18H17BrN4O2S. The third kappa shape index (κ3) is 3.14. The Morgan fingerprint density at radius 1 is 1.31 bits per heavy atom. The summed E-state index contributed by atoms with van der Waals surface area (Å²) in [5.74, 6) is 1.19. The number of hydrogen-bond donors (Lipinski definition) is 2. The van der Waals surface area contributed by atoms with Gasteiger partial charge in [0.1, 0.15) is 11.2 Å². The fourth-order valence-electron chi connectivity index (χ4n) is 3.17. The van der Waals surface area contributed by atoms with Crippen molar-refractivity contribution >= 4 is 49.5 Å². The van der Waals surface area contributed by atoms with Crippen LogP contribution in [0.3, 0.4) is 0 Å². The molecule has 0 amide bonds. The fourth-order valence-corrected chi connectivity index (χ4v) is 4.86. The minimum absolute atomic E-state index is 0.0695. The predicted octanol–water partition coefficient (Wildman–Crippen LogP) is 4.49. The minimum atomic E-state index is 0.0695. The van der Waals surface area contributed by atoms with Crippen molar-refractivity contribution in [2.45, 2.75) is 25.7 Å². The fraction of sp³-hybridized carbons (Fsp3) is 0.278. The quantitative estimate of drug-likeness (QED) is 0.468. The van der Waals surface area contributed by atoms with E-state index in [1.165, 1.54) is 30.4 Å². The standard InChI is InChI=1S/C18H17BrN4O2S/c1-25-13-7-10(6-12(19)16(13)24)8-22-23-17-15-11-4-2-3-5-14(11)26-18(15)21-9-20-17/h6-9,24H,2-5H2,1H3,(H,20,21,23)/b22-8-. The third-order valence-corrected chi connectivity index (χ3v) is 6.21. The summed E-state index contributed by atoms with van der Waals surface area (Å²) in [6.07, 6.45) is 7.88. The number of aryl methyl sites for hydroxylation is 2. The van der Waals surface area contributed by atoms with Crippen LogP contribution in [0.15, 0.2) is 28.0 Å². The summed E-state index contributed by atoms with van der Waals surface area (Å²) >= 11 is 5.07. The number of ether oxygens (including phenoxy) is 1. The zero-order chi connectivity index (χ0) is 18.1. The zero-order valence-electron chi connectivity index (χ0n) is 14.1. The molecule has 0 radical (unpaired) electrons. The first kappa shape index (κ1) is 17.2. The molecule has 0 atom stereocenters. The molecule has 8 heteroatoms. The van der Waals surface area contributed by atoms with Gasteiger partial charge in [0.05, 0.1) is 23.2 Å². The molecule has 0 aliphatic heterocycles. The predicted molar refractivity (Wildman–Crippen MR) is 108 cm³/mol. The highest BCUT2D eigenvalue weighted by Crippen LogP contribution is 2.38. The van der Waals surface area contributed by atoms with Crippen LogP contribution in [0.1, 0.15) is 28.8 Å². The van der Waals surface area contributed by atoms with Crippen molar-refractivity contribution in [2.75, 3.05) is 12.5 Å². The van der Waals surface area contributed by atoms with Gasteiger partial charge in [0, 0.05) is 4.88 Å². The topological polar surface area (TPSA) is 79.6 Å². The van der Waals surface area contributed by atoms with Crippen molar-refractivity contribution in [2.24, 2.45) is 5.10 Å². The second-order valence-corrected chi connectivity index (χ2v) is 7.97. The number of rotatable bonds is 4. The van der Waals surface area contributed by atoms with Crippen molar-refractivity contribution in [3.05, 3.63) is 38.9 Å². The van der Waals surface area contributed by atoms with Crippen LogP contribution in [0, 0.1) is 0 Å². The number of nitrogens with zero attached hydrogens (tertiary/aromatic N) is 3. The van der Waals surface area contributed by atoms with Gasteiger partial charge in [-0.15, -0.1) is 11.3 Å². The number of fused-ring (bicyclic) bond motifs is 3. The number of phenolic OH excluding ortho intramolecular Hbond substituents is 1. The molecule has 2 N–H and O–H groups in total. The van der Waals surface area contributed by atoms with Gasteiger partial charge in [-0.2, -0.15) is 5.10 Å². The molecule has 0 saturated heterocycles. The summed E-state index contributed by atoms with van der Waals surface area (Å²) < 4.78 is 5.71. The second-order valence-electron chi connectivity index (χ2n) is 6.04. The first-order valence-electron chi connectivity index (χ1n) is 8.28. The number of aromatic nitrogens is 2. The average Bonchev–Trinajstić information content (AvgIpc) is 3.04. The summed E-state index contributed by atoms with van der Waals surface area (Å²) in [6.45, 7) is 0.